The molecule has 3 rings (SSSR count). The van der Waals surface area contributed by atoms with Gasteiger partial charge in [-0.25, -0.2) is 0 Å². The van der Waals surface area contributed by atoms with E-state index < -0.39 is 0 Å². The van der Waals surface area contributed by atoms with E-state index in [2.05, 4.69) is 0 Å². The lowest BCUT2D eigenvalue weighted by atomic mass is 9.97. The number of carbonyl (C=O) groups excluding carboxylic acids is 2. The van der Waals surface area contributed by atoms with Gasteiger partial charge in [-0.1, -0.05) is 31.2 Å². The topological polar surface area (TPSA) is 52.6 Å². The minimum Gasteiger partial charge on any atom is -0.496 e. The van der Waals surface area contributed by atoms with Crippen LogP contribution in [0.15, 0.2) is 36.4 Å². The average molecular weight is 310 g/mol. The second-order valence-electron chi connectivity index (χ2n) is 5.47. The van der Waals surface area contributed by atoms with E-state index in [0.29, 0.717) is 35.5 Å². The number of carbonyl (C=O) groups is 2. The molecule has 2 aromatic carbocycles. The van der Waals surface area contributed by atoms with E-state index in [0.717, 1.165) is 17.5 Å². The van der Waals surface area contributed by atoms with E-state index in [-0.39, 0.29) is 11.8 Å². The summed E-state index contributed by atoms with van der Waals surface area (Å²) in [5.74, 6) is 0.517. The maximum Gasteiger partial charge on any atom is 0.310 e. The third kappa shape index (κ3) is 2.84. The lowest BCUT2D eigenvalue weighted by Crippen LogP contribution is -2.09. The van der Waals surface area contributed by atoms with Crippen LogP contribution in [0, 0.1) is 0 Å². The number of esters is 1. The first-order valence-electron chi connectivity index (χ1n) is 7.68. The predicted molar refractivity (Wildman–Crippen MR) is 86.2 cm³/mol. The number of hydrogen-bond donors (Lipinski definition) is 0. The molecule has 0 saturated carbocycles. The fraction of sp³-hybridized carbons (Fsp3) is 0.263. The molecule has 0 heterocycles. The molecule has 23 heavy (non-hydrogen) atoms. The second kappa shape index (κ2) is 6.24. The first kappa shape index (κ1) is 15.3. The molecule has 1 aliphatic rings. The molecule has 0 bridgehead atoms. The standard InChI is InChI=1S/C19H18O4/c1-3-17(20)23-14-10-13-9-8-12-6-4-5-7-15(12)19(21)18(13)16(11-14)22-2/h4-7,10-11H,3,8-9H2,1-2H3. The highest BCUT2D eigenvalue weighted by atomic mass is 16.5. The van der Waals surface area contributed by atoms with Crippen molar-refractivity contribution in [3.05, 3.63) is 58.7 Å². The van der Waals surface area contributed by atoms with Crippen LogP contribution in [0.3, 0.4) is 0 Å². The van der Waals surface area contributed by atoms with Crippen molar-refractivity contribution in [2.75, 3.05) is 7.11 Å². The Kier molecular flexibility index (Phi) is 4.15. The van der Waals surface area contributed by atoms with Crippen molar-refractivity contribution in [1.29, 1.82) is 0 Å². The SMILES string of the molecule is CCC(=O)Oc1cc2c(c(OC)c1)C(=O)c1ccccc1CC2. The van der Waals surface area contributed by atoms with Gasteiger partial charge in [0.15, 0.2) is 5.78 Å². The lowest BCUT2D eigenvalue weighted by Gasteiger charge is -2.13. The summed E-state index contributed by atoms with van der Waals surface area (Å²) in [4.78, 5) is 24.4. The summed E-state index contributed by atoms with van der Waals surface area (Å²) < 4.78 is 10.7. The maximum atomic E-state index is 12.9. The summed E-state index contributed by atoms with van der Waals surface area (Å²) in [6.45, 7) is 1.74. The molecule has 0 aliphatic heterocycles. The Bertz CT molecular complexity index is 777. The van der Waals surface area contributed by atoms with Crippen LogP contribution in [0.4, 0.5) is 0 Å². The zero-order chi connectivity index (χ0) is 16.4. The maximum absolute atomic E-state index is 12.9. The molecule has 1 aliphatic carbocycles. The van der Waals surface area contributed by atoms with Gasteiger partial charge in [0.25, 0.3) is 0 Å². The van der Waals surface area contributed by atoms with Crippen LogP contribution in [0.5, 0.6) is 11.5 Å². The van der Waals surface area contributed by atoms with Crippen LogP contribution in [0.1, 0.15) is 40.4 Å². The van der Waals surface area contributed by atoms with Gasteiger partial charge in [0.2, 0.25) is 0 Å². The number of ketones is 1. The zero-order valence-electron chi connectivity index (χ0n) is 13.2. The number of methoxy groups -OCH3 is 1. The Hall–Kier alpha value is -2.62. The van der Waals surface area contributed by atoms with Crippen molar-refractivity contribution in [1.82, 2.24) is 0 Å². The largest absolute Gasteiger partial charge is 0.496 e. The van der Waals surface area contributed by atoms with Crippen molar-refractivity contribution in [3.63, 3.8) is 0 Å². The number of benzene rings is 2. The van der Waals surface area contributed by atoms with Crippen LogP contribution < -0.4 is 9.47 Å². The smallest absolute Gasteiger partial charge is 0.310 e. The van der Waals surface area contributed by atoms with Crippen molar-refractivity contribution in [2.24, 2.45) is 0 Å². The average Bonchev–Trinajstić information content (AvgIpc) is 2.72. The highest BCUT2D eigenvalue weighted by Gasteiger charge is 2.25. The van der Waals surface area contributed by atoms with Crippen molar-refractivity contribution >= 4 is 11.8 Å². The van der Waals surface area contributed by atoms with Gasteiger partial charge in [0.1, 0.15) is 11.5 Å². The van der Waals surface area contributed by atoms with Crippen LogP contribution in [-0.4, -0.2) is 18.9 Å². The van der Waals surface area contributed by atoms with Gasteiger partial charge in [-0.3, -0.25) is 9.59 Å². The van der Waals surface area contributed by atoms with Gasteiger partial charge in [-0.2, -0.15) is 0 Å². The molecule has 4 nitrogen and oxygen atoms in total. The quantitative estimate of drug-likeness (QED) is 0.644. The van der Waals surface area contributed by atoms with Gasteiger partial charge in [0, 0.05) is 18.1 Å². The van der Waals surface area contributed by atoms with Gasteiger partial charge >= 0.3 is 5.97 Å². The third-order valence-electron chi connectivity index (χ3n) is 4.05. The van der Waals surface area contributed by atoms with Crippen LogP contribution in [0.25, 0.3) is 0 Å². The minimum atomic E-state index is -0.310. The van der Waals surface area contributed by atoms with Gasteiger partial charge in [-0.15, -0.1) is 0 Å². The van der Waals surface area contributed by atoms with Crippen molar-refractivity contribution < 1.29 is 19.1 Å². The molecule has 0 unspecified atom stereocenters. The molecule has 0 atom stereocenters. The predicted octanol–water partition coefficient (Wildman–Crippen LogP) is 3.34. The van der Waals surface area contributed by atoms with E-state index in [9.17, 15) is 9.59 Å². The van der Waals surface area contributed by atoms with Gasteiger partial charge in [-0.05, 0) is 30.0 Å². The summed E-state index contributed by atoms with van der Waals surface area (Å²) in [6.07, 6.45) is 1.76. The summed E-state index contributed by atoms with van der Waals surface area (Å²) in [5, 5.41) is 0. The normalized spacial score (nSPS) is 12.9. The van der Waals surface area contributed by atoms with Gasteiger partial charge < -0.3 is 9.47 Å². The summed E-state index contributed by atoms with van der Waals surface area (Å²) in [5.41, 5.74) is 3.16. The molecular weight excluding hydrogens is 292 g/mol. The minimum absolute atomic E-state index is 0.0432. The molecule has 4 heteroatoms. The van der Waals surface area contributed by atoms with E-state index >= 15 is 0 Å². The number of ether oxygens (including phenoxy) is 2. The first-order chi connectivity index (χ1) is 11.1. The van der Waals surface area contributed by atoms with Crippen LogP contribution in [-0.2, 0) is 17.6 Å². The molecule has 0 saturated heterocycles. The monoisotopic (exact) mass is 310 g/mol. The Morgan fingerprint density at radius 1 is 1.13 bits per heavy atom. The molecule has 0 N–H and O–H groups in total. The van der Waals surface area contributed by atoms with Gasteiger partial charge in [0.05, 0.1) is 12.7 Å². The summed E-state index contributed by atoms with van der Waals surface area (Å²) >= 11 is 0. The molecule has 0 amide bonds. The van der Waals surface area contributed by atoms with Crippen LogP contribution >= 0.6 is 0 Å². The number of rotatable bonds is 3. The summed E-state index contributed by atoms with van der Waals surface area (Å²) in [6, 6.07) is 11.0. The van der Waals surface area contributed by atoms with Crippen molar-refractivity contribution in [2.45, 2.75) is 26.2 Å². The second-order valence-corrected chi connectivity index (χ2v) is 5.47. The molecule has 0 aromatic heterocycles. The van der Waals surface area contributed by atoms with E-state index in [1.807, 2.05) is 24.3 Å². The fourth-order valence-corrected chi connectivity index (χ4v) is 2.89. The highest BCUT2D eigenvalue weighted by molar-refractivity contribution is 6.13. The molecule has 0 radical (unpaired) electrons. The highest BCUT2D eigenvalue weighted by Crippen LogP contribution is 2.34. The Morgan fingerprint density at radius 3 is 2.61 bits per heavy atom. The third-order valence-corrected chi connectivity index (χ3v) is 4.05. The lowest BCUT2D eigenvalue weighted by molar-refractivity contribution is -0.134. The molecule has 2 aromatic rings. The Labute approximate surface area is 135 Å². The first-order valence-corrected chi connectivity index (χ1v) is 7.68. The molecule has 0 spiro atoms. The van der Waals surface area contributed by atoms with Crippen LogP contribution in [0.2, 0.25) is 0 Å². The number of fused-ring (bicyclic) bond motifs is 2. The molecule has 0 fully saturated rings. The number of hydrogen-bond acceptors (Lipinski definition) is 4. The molecular formula is C19H18O4. The fourth-order valence-electron chi connectivity index (χ4n) is 2.89. The van der Waals surface area contributed by atoms with E-state index in [4.69, 9.17) is 9.47 Å². The zero-order valence-corrected chi connectivity index (χ0v) is 13.2. The molecule has 118 valence electrons. The van der Waals surface area contributed by atoms with Crippen molar-refractivity contribution in [3.8, 4) is 11.5 Å². The Morgan fingerprint density at radius 2 is 1.87 bits per heavy atom. The van der Waals surface area contributed by atoms with E-state index in [1.54, 1.807) is 19.1 Å². The van der Waals surface area contributed by atoms with E-state index in [1.165, 1.54) is 7.11 Å². The number of aryl methyl sites for hydroxylation is 2. The Balaban J connectivity index is 2.10. The summed E-state index contributed by atoms with van der Waals surface area (Å²) in [7, 11) is 1.52.